The van der Waals surface area contributed by atoms with Gasteiger partial charge in [0, 0.05) is 11.6 Å². The highest BCUT2D eigenvalue weighted by Crippen LogP contribution is 2.22. The van der Waals surface area contributed by atoms with Crippen molar-refractivity contribution in [1.29, 1.82) is 0 Å². The number of pyridine rings is 1. The molecule has 1 aromatic carbocycles. The van der Waals surface area contributed by atoms with Gasteiger partial charge < -0.3 is 15.2 Å². The van der Waals surface area contributed by atoms with Crippen LogP contribution < -0.4 is 10.6 Å². The molecule has 0 atom stereocenters. The second kappa shape index (κ2) is 7.00. The number of aromatic nitrogens is 2. The molecule has 0 saturated carbocycles. The molecule has 0 fully saturated rings. The molecule has 2 aromatic heterocycles. The van der Waals surface area contributed by atoms with E-state index < -0.39 is 0 Å². The average Bonchev–Trinajstić information content (AvgIpc) is 3.01. The predicted molar refractivity (Wildman–Crippen MR) is 102 cm³/mol. The second-order valence-electron chi connectivity index (χ2n) is 7.16. The van der Waals surface area contributed by atoms with Crippen molar-refractivity contribution in [3.63, 3.8) is 0 Å². The summed E-state index contributed by atoms with van der Waals surface area (Å²) in [6.45, 7) is 8.25. The van der Waals surface area contributed by atoms with Gasteiger partial charge in [0.1, 0.15) is 11.6 Å². The van der Waals surface area contributed by atoms with E-state index in [1.807, 2.05) is 31.2 Å². The number of rotatable bonds is 4. The largest absolute Gasteiger partial charge is 0.360 e. The number of hydrogen-bond donors (Lipinski definition) is 2. The molecule has 2 heterocycles. The summed E-state index contributed by atoms with van der Waals surface area (Å²) >= 11 is 0. The summed E-state index contributed by atoms with van der Waals surface area (Å²) in [6.07, 6.45) is 1.59. The van der Waals surface area contributed by atoms with E-state index in [1.54, 1.807) is 24.4 Å². The summed E-state index contributed by atoms with van der Waals surface area (Å²) in [6, 6.07) is 13.0. The Kier molecular flexibility index (Phi) is 4.75. The topological polar surface area (TPSA) is 80.0 Å². The molecule has 0 aliphatic rings. The lowest BCUT2D eigenvalue weighted by Crippen LogP contribution is -2.14. The molecule has 26 heavy (non-hydrogen) atoms. The third kappa shape index (κ3) is 4.27. The molecule has 6 nitrogen and oxygen atoms in total. The molecule has 3 rings (SSSR count). The predicted octanol–water partition coefficient (Wildman–Crippen LogP) is 4.67. The number of nitrogens with zero attached hydrogens (tertiary/aromatic N) is 2. The van der Waals surface area contributed by atoms with Crippen molar-refractivity contribution in [2.45, 2.75) is 33.1 Å². The van der Waals surface area contributed by atoms with E-state index in [-0.39, 0.29) is 11.3 Å². The van der Waals surface area contributed by atoms with E-state index in [4.69, 9.17) is 4.52 Å². The van der Waals surface area contributed by atoms with Crippen molar-refractivity contribution in [2.75, 3.05) is 10.6 Å². The van der Waals surface area contributed by atoms with E-state index in [0.717, 1.165) is 0 Å². The number of benzene rings is 1. The lowest BCUT2D eigenvalue weighted by Gasteiger charge is -2.19. The molecule has 2 N–H and O–H groups in total. The minimum Gasteiger partial charge on any atom is -0.360 e. The van der Waals surface area contributed by atoms with Gasteiger partial charge in [-0.15, -0.1) is 0 Å². The number of carbonyl (C=O) groups is 1. The first kappa shape index (κ1) is 17.7. The maximum absolute atomic E-state index is 12.4. The van der Waals surface area contributed by atoms with Crippen molar-refractivity contribution >= 4 is 23.2 Å². The van der Waals surface area contributed by atoms with Gasteiger partial charge in [-0.05, 0) is 42.2 Å². The summed E-state index contributed by atoms with van der Waals surface area (Å²) in [5, 5.41) is 9.73. The highest BCUT2D eigenvalue weighted by Gasteiger charge is 2.14. The summed E-state index contributed by atoms with van der Waals surface area (Å²) in [4.78, 5) is 16.6. The van der Waals surface area contributed by atoms with E-state index in [9.17, 15) is 4.79 Å². The Bertz CT molecular complexity index is 891. The zero-order valence-electron chi connectivity index (χ0n) is 15.3. The number of aryl methyl sites for hydroxylation is 1. The summed E-state index contributed by atoms with van der Waals surface area (Å²) in [5.41, 5.74) is 2.48. The van der Waals surface area contributed by atoms with Gasteiger partial charge in [0.25, 0.3) is 5.91 Å². The van der Waals surface area contributed by atoms with Crippen LogP contribution in [0.5, 0.6) is 0 Å². The first-order valence-electron chi connectivity index (χ1n) is 8.39. The van der Waals surface area contributed by atoms with E-state index in [0.29, 0.717) is 28.6 Å². The average molecular weight is 350 g/mol. The Morgan fingerprint density at radius 1 is 1.04 bits per heavy atom. The minimum absolute atomic E-state index is 0.0597. The van der Waals surface area contributed by atoms with Crippen LogP contribution in [0.4, 0.5) is 17.3 Å². The Labute approximate surface area is 152 Å². The molecule has 0 aliphatic heterocycles. The smallest absolute Gasteiger partial charge is 0.255 e. The fourth-order valence-corrected chi connectivity index (χ4v) is 2.42. The van der Waals surface area contributed by atoms with Crippen molar-refractivity contribution < 1.29 is 9.32 Å². The van der Waals surface area contributed by atoms with Crippen LogP contribution in [0.2, 0.25) is 0 Å². The summed E-state index contributed by atoms with van der Waals surface area (Å²) in [7, 11) is 0. The molecule has 0 bridgehead atoms. The van der Waals surface area contributed by atoms with Crippen molar-refractivity contribution in [2.24, 2.45) is 0 Å². The monoisotopic (exact) mass is 350 g/mol. The number of amides is 1. The molecule has 0 radical (unpaired) electrons. The van der Waals surface area contributed by atoms with Crippen LogP contribution >= 0.6 is 0 Å². The minimum atomic E-state index is -0.167. The van der Waals surface area contributed by atoms with Gasteiger partial charge >= 0.3 is 0 Å². The van der Waals surface area contributed by atoms with Crippen LogP contribution in [0, 0.1) is 6.92 Å². The van der Waals surface area contributed by atoms with E-state index in [1.165, 1.54) is 5.56 Å². The van der Waals surface area contributed by atoms with Gasteiger partial charge in [0.2, 0.25) is 0 Å². The lowest BCUT2D eigenvalue weighted by molar-refractivity contribution is 0.102. The van der Waals surface area contributed by atoms with E-state index in [2.05, 4.69) is 41.5 Å². The van der Waals surface area contributed by atoms with Gasteiger partial charge in [0.15, 0.2) is 5.82 Å². The SMILES string of the molecule is Cc1cc(Nc2ccc(NC(=O)c3ccc(C(C)(C)C)cc3)cn2)no1. The van der Waals surface area contributed by atoms with Crippen LogP contribution in [0.3, 0.4) is 0 Å². The number of hydrogen-bond acceptors (Lipinski definition) is 5. The van der Waals surface area contributed by atoms with Crippen molar-refractivity contribution in [1.82, 2.24) is 10.1 Å². The van der Waals surface area contributed by atoms with Crippen LogP contribution in [-0.4, -0.2) is 16.0 Å². The van der Waals surface area contributed by atoms with E-state index >= 15 is 0 Å². The van der Waals surface area contributed by atoms with Crippen LogP contribution in [-0.2, 0) is 5.41 Å². The Morgan fingerprint density at radius 3 is 2.31 bits per heavy atom. The first-order chi connectivity index (χ1) is 12.3. The number of anilines is 3. The quantitative estimate of drug-likeness (QED) is 0.714. The fourth-order valence-electron chi connectivity index (χ4n) is 2.42. The van der Waals surface area contributed by atoms with Gasteiger partial charge in [-0.1, -0.05) is 38.1 Å². The maximum atomic E-state index is 12.4. The molecule has 6 heteroatoms. The third-order valence-corrected chi connectivity index (χ3v) is 3.92. The maximum Gasteiger partial charge on any atom is 0.255 e. The normalized spacial score (nSPS) is 11.2. The molecular formula is C20H22N4O2. The highest BCUT2D eigenvalue weighted by atomic mass is 16.5. The first-order valence-corrected chi connectivity index (χ1v) is 8.39. The standard InChI is InChI=1S/C20H22N4O2/c1-13-11-18(24-26-13)23-17-10-9-16(12-21-17)22-19(25)14-5-7-15(8-6-14)20(2,3)4/h5-12H,1-4H3,(H,22,25)(H,21,23,24). The molecule has 3 aromatic rings. The van der Waals surface area contributed by atoms with Gasteiger partial charge in [-0.3, -0.25) is 4.79 Å². The van der Waals surface area contributed by atoms with Crippen LogP contribution in [0.25, 0.3) is 0 Å². The summed E-state index contributed by atoms with van der Waals surface area (Å²) < 4.78 is 4.99. The van der Waals surface area contributed by atoms with Crippen molar-refractivity contribution in [3.8, 4) is 0 Å². The molecule has 0 aliphatic carbocycles. The second-order valence-corrected chi connectivity index (χ2v) is 7.16. The molecule has 0 saturated heterocycles. The number of nitrogens with one attached hydrogen (secondary N) is 2. The Morgan fingerprint density at radius 2 is 1.77 bits per heavy atom. The van der Waals surface area contributed by atoms with Gasteiger partial charge in [0.05, 0.1) is 11.9 Å². The molecule has 0 spiro atoms. The zero-order chi connectivity index (χ0) is 18.7. The van der Waals surface area contributed by atoms with Crippen LogP contribution in [0.15, 0.2) is 53.2 Å². The zero-order valence-corrected chi connectivity index (χ0v) is 15.3. The van der Waals surface area contributed by atoms with Gasteiger partial charge in [-0.2, -0.15) is 0 Å². The Hall–Kier alpha value is -3.15. The fraction of sp³-hybridized carbons (Fsp3) is 0.250. The van der Waals surface area contributed by atoms with Crippen LogP contribution in [0.1, 0.15) is 42.5 Å². The highest BCUT2D eigenvalue weighted by molar-refractivity contribution is 6.04. The molecule has 134 valence electrons. The van der Waals surface area contributed by atoms with Gasteiger partial charge in [-0.25, -0.2) is 4.98 Å². The Balaban J connectivity index is 1.64. The summed E-state index contributed by atoms with van der Waals surface area (Å²) in [5.74, 6) is 1.76. The van der Waals surface area contributed by atoms with Crippen molar-refractivity contribution in [3.05, 3.63) is 65.5 Å². The molecule has 1 amide bonds. The third-order valence-electron chi connectivity index (χ3n) is 3.92. The molecule has 0 unspecified atom stereocenters. The number of carbonyl (C=O) groups excluding carboxylic acids is 1. The lowest BCUT2D eigenvalue weighted by atomic mass is 9.87. The molecular weight excluding hydrogens is 328 g/mol.